The summed E-state index contributed by atoms with van der Waals surface area (Å²) in [5, 5.41) is 5.54. The van der Waals surface area contributed by atoms with Crippen LogP contribution in [0.1, 0.15) is 27.9 Å². The van der Waals surface area contributed by atoms with Gasteiger partial charge in [0.25, 0.3) is 5.56 Å². The zero-order chi connectivity index (χ0) is 18.4. The van der Waals surface area contributed by atoms with Crippen LogP contribution in [0.4, 0.5) is 4.79 Å². The molecule has 1 aromatic carbocycles. The number of nitrogens with zero attached hydrogens (tertiary/aromatic N) is 1. The van der Waals surface area contributed by atoms with E-state index in [-0.39, 0.29) is 18.1 Å². The van der Waals surface area contributed by atoms with E-state index in [1.54, 1.807) is 0 Å². The van der Waals surface area contributed by atoms with Crippen molar-refractivity contribution in [3.63, 3.8) is 0 Å². The van der Waals surface area contributed by atoms with Crippen LogP contribution in [0.2, 0.25) is 0 Å². The third-order valence-corrected chi connectivity index (χ3v) is 3.89. The number of pyridine rings is 1. The fourth-order valence-corrected chi connectivity index (χ4v) is 2.64. The third kappa shape index (κ3) is 5.76. The monoisotopic (exact) mass is 342 g/mol. The molecular weight excluding hydrogens is 316 g/mol. The predicted molar refractivity (Wildman–Crippen MR) is 99.4 cm³/mol. The first-order valence-electron chi connectivity index (χ1n) is 8.29. The molecule has 0 fully saturated rings. The van der Waals surface area contributed by atoms with Gasteiger partial charge >= 0.3 is 6.03 Å². The Morgan fingerprint density at radius 1 is 1.04 bits per heavy atom. The molecule has 0 aliphatic rings. The van der Waals surface area contributed by atoms with Crippen LogP contribution in [0.25, 0.3) is 0 Å². The van der Waals surface area contributed by atoms with E-state index in [1.165, 1.54) is 5.56 Å². The van der Waals surface area contributed by atoms with Gasteiger partial charge in [-0.3, -0.25) is 4.79 Å². The molecule has 0 aliphatic carbocycles. The van der Waals surface area contributed by atoms with E-state index in [0.717, 1.165) is 23.4 Å². The average molecular weight is 342 g/mol. The van der Waals surface area contributed by atoms with E-state index in [1.807, 2.05) is 46.1 Å². The molecule has 6 heteroatoms. The largest absolute Gasteiger partial charge is 0.334 e. The lowest BCUT2D eigenvalue weighted by Gasteiger charge is -2.11. The second-order valence-electron chi connectivity index (χ2n) is 6.53. The fourth-order valence-electron chi connectivity index (χ4n) is 2.64. The van der Waals surface area contributed by atoms with Crippen molar-refractivity contribution < 1.29 is 4.79 Å². The lowest BCUT2D eigenvalue weighted by Crippen LogP contribution is -2.36. The Hall–Kier alpha value is -2.60. The number of rotatable bonds is 6. The van der Waals surface area contributed by atoms with Gasteiger partial charge in [0, 0.05) is 24.3 Å². The number of aromatic amines is 1. The molecule has 1 aromatic heterocycles. The normalized spacial score (nSPS) is 10.8. The molecule has 0 saturated heterocycles. The number of carbonyl (C=O) groups excluding carboxylic acids is 1. The number of aromatic nitrogens is 1. The molecule has 0 bridgehead atoms. The Morgan fingerprint density at radius 2 is 1.64 bits per heavy atom. The van der Waals surface area contributed by atoms with Gasteiger partial charge in [-0.2, -0.15) is 0 Å². The predicted octanol–water partition coefficient (Wildman–Crippen LogP) is 2.05. The molecule has 3 N–H and O–H groups in total. The maximum Gasteiger partial charge on any atom is 0.315 e. The van der Waals surface area contributed by atoms with Gasteiger partial charge in [0.15, 0.2) is 0 Å². The Morgan fingerprint density at radius 3 is 2.24 bits per heavy atom. The van der Waals surface area contributed by atoms with Crippen LogP contribution in [0.3, 0.4) is 0 Å². The number of aryl methyl sites for hydroxylation is 2. The highest BCUT2D eigenvalue weighted by molar-refractivity contribution is 5.73. The van der Waals surface area contributed by atoms with Crippen molar-refractivity contribution in [2.24, 2.45) is 0 Å². The van der Waals surface area contributed by atoms with E-state index < -0.39 is 0 Å². The molecule has 6 nitrogen and oxygen atoms in total. The Labute approximate surface area is 148 Å². The second-order valence-corrected chi connectivity index (χ2v) is 6.53. The van der Waals surface area contributed by atoms with Crippen molar-refractivity contribution in [2.75, 3.05) is 14.1 Å². The van der Waals surface area contributed by atoms with Crippen LogP contribution in [0, 0.1) is 13.8 Å². The van der Waals surface area contributed by atoms with Gasteiger partial charge in [0.1, 0.15) is 0 Å². The lowest BCUT2D eigenvalue weighted by atomic mass is 10.1. The number of H-pyrrole nitrogens is 1. The molecule has 0 saturated carbocycles. The SMILES string of the molecule is Cc1cc(C)c(CNC(=O)NCc2ccc(CN(C)C)cc2)c(=O)[nH]1. The van der Waals surface area contributed by atoms with Gasteiger partial charge in [-0.1, -0.05) is 24.3 Å². The summed E-state index contributed by atoms with van der Waals surface area (Å²) in [6.45, 7) is 5.24. The molecule has 2 aromatic rings. The molecule has 0 aliphatic heterocycles. The smallest absolute Gasteiger partial charge is 0.315 e. The minimum absolute atomic E-state index is 0.158. The number of hydrogen-bond donors (Lipinski definition) is 3. The zero-order valence-electron chi connectivity index (χ0n) is 15.3. The highest BCUT2D eigenvalue weighted by Gasteiger charge is 2.07. The highest BCUT2D eigenvalue weighted by Crippen LogP contribution is 2.06. The molecule has 0 radical (unpaired) electrons. The van der Waals surface area contributed by atoms with E-state index in [0.29, 0.717) is 12.1 Å². The van der Waals surface area contributed by atoms with Gasteiger partial charge < -0.3 is 20.5 Å². The van der Waals surface area contributed by atoms with E-state index in [9.17, 15) is 9.59 Å². The molecule has 0 atom stereocenters. The molecule has 0 spiro atoms. The maximum atomic E-state index is 12.0. The summed E-state index contributed by atoms with van der Waals surface area (Å²) in [7, 11) is 4.06. The van der Waals surface area contributed by atoms with Crippen LogP contribution in [-0.4, -0.2) is 30.0 Å². The lowest BCUT2D eigenvalue weighted by molar-refractivity contribution is 0.240. The summed E-state index contributed by atoms with van der Waals surface area (Å²) in [6.07, 6.45) is 0. The fraction of sp³-hybridized carbons (Fsp3) is 0.368. The minimum Gasteiger partial charge on any atom is -0.334 e. The van der Waals surface area contributed by atoms with E-state index >= 15 is 0 Å². The van der Waals surface area contributed by atoms with Crippen molar-refractivity contribution in [2.45, 2.75) is 33.5 Å². The number of carbonyl (C=O) groups is 1. The number of benzene rings is 1. The van der Waals surface area contributed by atoms with Crippen LogP contribution in [0.5, 0.6) is 0 Å². The average Bonchev–Trinajstić information content (AvgIpc) is 2.52. The Kier molecular flexibility index (Phi) is 6.36. The zero-order valence-corrected chi connectivity index (χ0v) is 15.3. The Bertz CT molecular complexity index is 779. The minimum atomic E-state index is -0.295. The molecular formula is C19H26N4O2. The second kappa shape index (κ2) is 8.48. The van der Waals surface area contributed by atoms with Crippen LogP contribution in [0.15, 0.2) is 35.1 Å². The molecule has 25 heavy (non-hydrogen) atoms. The number of amides is 2. The van der Waals surface area contributed by atoms with Gasteiger partial charge in [-0.15, -0.1) is 0 Å². The van der Waals surface area contributed by atoms with Crippen molar-refractivity contribution in [3.05, 3.63) is 68.6 Å². The maximum absolute atomic E-state index is 12.0. The van der Waals surface area contributed by atoms with E-state index in [4.69, 9.17) is 0 Å². The van der Waals surface area contributed by atoms with Crippen LogP contribution in [-0.2, 0) is 19.6 Å². The van der Waals surface area contributed by atoms with Gasteiger partial charge in [-0.25, -0.2) is 4.79 Å². The first-order valence-corrected chi connectivity index (χ1v) is 8.29. The van der Waals surface area contributed by atoms with Crippen molar-refractivity contribution >= 4 is 6.03 Å². The van der Waals surface area contributed by atoms with Crippen LogP contribution >= 0.6 is 0 Å². The summed E-state index contributed by atoms with van der Waals surface area (Å²) in [6, 6.07) is 9.73. The van der Waals surface area contributed by atoms with Gasteiger partial charge in [0.05, 0.1) is 6.54 Å². The Balaban J connectivity index is 1.84. The highest BCUT2D eigenvalue weighted by atomic mass is 16.2. The number of nitrogens with one attached hydrogen (secondary N) is 3. The molecule has 134 valence electrons. The summed E-state index contributed by atoms with van der Waals surface area (Å²) in [5.41, 5.74) is 4.36. The van der Waals surface area contributed by atoms with Crippen molar-refractivity contribution in [3.8, 4) is 0 Å². The standard InChI is InChI=1S/C19H26N4O2/c1-13-9-14(2)22-18(24)17(13)11-21-19(25)20-10-15-5-7-16(8-6-15)12-23(3)4/h5-9H,10-12H2,1-4H3,(H,22,24)(H2,20,21,25). The quantitative estimate of drug-likeness (QED) is 0.752. The molecule has 1 heterocycles. The number of hydrogen-bond acceptors (Lipinski definition) is 3. The summed E-state index contributed by atoms with van der Waals surface area (Å²) < 4.78 is 0. The number of urea groups is 1. The van der Waals surface area contributed by atoms with Gasteiger partial charge in [-0.05, 0) is 50.7 Å². The summed E-state index contributed by atoms with van der Waals surface area (Å²) in [5.74, 6) is 0. The van der Waals surface area contributed by atoms with Gasteiger partial charge in [0.2, 0.25) is 0 Å². The molecule has 2 amide bonds. The third-order valence-electron chi connectivity index (χ3n) is 3.89. The summed E-state index contributed by atoms with van der Waals surface area (Å²) >= 11 is 0. The molecule has 0 unspecified atom stereocenters. The van der Waals surface area contributed by atoms with Crippen LogP contribution < -0.4 is 16.2 Å². The first-order chi connectivity index (χ1) is 11.8. The molecule has 2 rings (SSSR count). The van der Waals surface area contributed by atoms with Crippen molar-refractivity contribution in [1.82, 2.24) is 20.5 Å². The topological polar surface area (TPSA) is 77.2 Å². The first kappa shape index (κ1) is 18.7. The van der Waals surface area contributed by atoms with Crippen molar-refractivity contribution in [1.29, 1.82) is 0 Å². The summed E-state index contributed by atoms with van der Waals surface area (Å²) in [4.78, 5) is 28.7. The van der Waals surface area contributed by atoms with E-state index in [2.05, 4.69) is 32.7 Å².